The molecule has 0 heterocycles. The van der Waals surface area contributed by atoms with Gasteiger partial charge < -0.3 is 4.74 Å². The first-order valence-corrected chi connectivity index (χ1v) is 8.20. The van der Waals surface area contributed by atoms with Gasteiger partial charge in [0.15, 0.2) is 0 Å². The highest BCUT2D eigenvalue weighted by atomic mass is 31.1. The van der Waals surface area contributed by atoms with Gasteiger partial charge in [0, 0.05) is 13.7 Å². The van der Waals surface area contributed by atoms with Crippen molar-refractivity contribution in [1.29, 1.82) is 0 Å². The van der Waals surface area contributed by atoms with Crippen LogP contribution < -0.4 is 10.6 Å². The SMILES string of the molecule is COC[C@H](C)CP(c1ccccc1)c1ccccc1. The first-order valence-electron chi connectivity index (χ1n) is 6.68. The molecule has 2 rings (SSSR count). The summed E-state index contributed by atoms with van der Waals surface area (Å²) in [5.74, 6) is 0.580. The molecule has 100 valence electrons. The molecule has 1 nitrogen and oxygen atoms in total. The highest BCUT2D eigenvalue weighted by Gasteiger charge is 2.16. The van der Waals surface area contributed by atoms with Gasteiger partial charge in [-0.1, -0.05) is 67.6 Å². The van der Waals surface area contributed by atoms with Crippen LogP contribution in [0.15, 0.2) is 60.7 Å². The van der Waals surface area contributed by atoms with Crippen molar-refractivity contribution in [3.05, 3.63) is 60.7 Å². The number of ether oxygens (including phenoxy) is 1. The van der Waals surface area contributed by atoms with E-state index >= 15 is 0 Å². The monoisotopic (exact) mass is 272 g/mol. The van der Waals surface area contributed by atoms with E-state index in [-0.39, 0.29) is 7.92 Å². The Balaban J connectivity index is 2.24. The fourth-order valence-electron chi connectivity index (χ4n) is 2.22. The van der Waals surface area contributed by atoms with Crippen LogP contribution in [-0.2, 0) is 4.74 Å². The second-order valence-electron chi connectivity index (χ2n) is 4.84. The summed E-state index contributed by atoms with van der Waals surface area (Å²) in [5, 5.41) is 2.90. The molecule has 0 N–H and O–H groups in total. The molecule has 19 heavy (non-hydrogen) atoms. The van der Waals surface area contributed by atoms with Crippen LogP contribution in [-0.4, -0.2) is 19.9 Å². The highest BCUT2D eigenvalue weighted by molar-refractivity contribution is 7.73. The molecule has 0 amide bonds. The lowest BCUT2D eigenvalue weighted by atomic mass is 10.2. The number of benzene rings is 2. The summed E-state index contributed by atoms with van der Waals surface area (Å²) in [5.41, 5.74) is 0. The van der Waals surface area contributed by atoms with Gasteiger partial charge in [-0.05, 0) is 30.6 Å². The molecular weight excluding hydrogens is 251 g/mol. The molecule has 2 aromatic carbocycles. The molecule has 0 unspecified atom stereocenters. The molecule has 0 bridgehead atoms. The van der Waals surface area contributed by atoms with E-state index < -0.39 is 0 Å². The van der Waals surface area contributed by atoms with E-state index in [1.807, 2.05) is 0 Å². The van der Waals surface area contributed by atoms with Crippen LogP contribution in [0, 0.1) is 5.92 Å². The molecule has 0 aromatic heterocycles. The minimum atomic E-state index is -0.282. The van der Waals surface area contributed by atoms with E-state index in [4.69, 9.17) is 4.74 Å². The van der Waals surface area contributed by atoms with Gasteiger partial charge in [-0.2, -0.15) is 0 Å². The number of hydrogen-bond acceptors (Lipinski definition) is 1. The zero-order valence-corrected chi connectivity index (χ0v) is 12.5. The first kappa shape index (κ1) is 14.2. The predicted octanol–water partition coefficient (Wildman–Crippen LogP) is 3.40. The molecule has 2 heteroatoms. The average molecular weight is 272 g/mol. The van der Waals surface area contributed by atoms with E-state index in [9.17, 15) is 0 Å². The second-order valence-corrected chi connectivity index (χ2v) is 7.10. The van der Waals surface area contributed by atoms with E-state index in [1.165, 1.54) is 16.8 Å². The molecule has 0 radical (unpaired) electrons. The lowest BCUT2D eigenvalue weighted by molar-refractivity contribution is 0.168. The molecule has 0 saturated carbocycles. The summed E-state index contributed by atoms with van der Waals surface area (Å²) >= 11 is 0. The maximum Gasteiger partial charge on any atom is 0.0491 e. The fraction of sp³-hybridized carbons (Fsp3) is 0.294. The van der Waals surface area contributed by atoms with Gasteiger partial charge in [0.25, 0.3) is 0 Å². The van der Waals surface area contributed by atoms with E-state index in [2.05, 4.69) is 67.6 Å². The van der Waals surface area contributed by atoms with Crippen molar-refractivity contribution in [3.8, 4) is 0 Å². The topological polar surface area (TPSA) is 9.23 Å². The van der Waals surface area contributed by atoms with Crippen molar-refractivity contribution < 1.29 is 4.74 Å². The Hall–Kier alpha value is -1.17. The lowest BCUT2D eigenvalue weighted by Gasteiger charge is -2.22. The molecule has 2 aromatic rings. The van der Waals surface area contributed by atoms with Crippen LogP contribution in [0.3, 0.4) is 0 Å². The Kier molecular flexibility index (Phi) is 5.57. The Morgan fingerprint density at radius 1 is 0.895 bits per heavy atom. The smallest absolute Gasteiger partial charge is 0.0491 e. The van der Waals surface area contributed by atoms with Crippen molar-refractivity contribution in [3.63, 3.8) is 0 Å². The zero-order valence-electron chi connectivity index (χ0n) is 11.6. The minimum absolute atomic E-state index is 0.282. The number of methoxy groups -OCH3 is 1. The van der Waals surface area contributed by atoms with Crippen LogP contribution >= 0.6 is 7.92 Å². The summed E-state index contributed by atoms with van der Waals surface area (Å²) in [6.45, 7) is 3.10. The second kappa shape index (κ2) is 7.43. The Labute approximate surface area is 117 Å². The Morgan fingerprint density at radius 3 is 1.79 bits per heavy atom. The normalized spacial score (nSPS) is 12.6. The van der Waals surface area contributed by atoms with Crippen molar-refractivity contribution in [2.75, 3.05) is 19.9 Å². The van der Waals surface area contributed by atoms with Crippen LogP contribution in [0.2, 0.25) is 0 Å². The van der Waals surface area contributed by atoms with E-state index in [0.717, 1.165) is 6.61 Å². The van der Waals surface area contributed by atoms with Crippen molar-refractivity contribution in [1.82, 2.24) is 0 Å². The maximum absolute atomic E-state index is 5.29. The van der Waals surface area contributed by atoms with E-state index in [0.29, 0.717) is 5.92 Å². The molecule has 0 aliphatic rings. The van der Waals surface area contributed by atoms with Gasteiger partial charge in [0.05, 0.1) is 0 Å². The molecule has 0 saturated heterocycles. The van der Waals surface area contributed by atoms with Gasteiger partial charge in [0.2, 0.25) is 0 Å². The summed E-state index contributed by atoms with van der Waals surface area (Å²) < 4.78 is 5.29. The van der Waals surface area contributed by atoms with Crippen molar-refractivity contribution in [2.45, 2.75) is 6.92 Å². The standard InChI is InChI=1S/C17H21OP/c1-15(13-18-2)14-19(16-9-5-3-6-10-16)17-11-7-4-8-12-17/h3-12,15H,13-14H2,1-2H3/t15-/m0/s1. The lowest BCUT2D eigenvalue weighted by Crippen LogP contribution is -2.19. The quantitative estimate of drug-likeness (QED) is 0.732. The zero-order chi connectivity index (χ0) is 13.5. The van der Waals surface area contributed by atoms with E-state index in [1.54, 1.807) is 7.11 Å². The molecule has 0 fully saturated rings. The van der Waals surface area contributed by atoms with Crippen molar-refractivity contribution in [2.24, 2.45) is 5.92 Å². The van der Waals surface area contributed by atoms with Crippen LogP contribution in [0.5, 0.6) is 0 Å². The third kappa shape index (κ3) is 4.16. The molecular formula is C17H21OP. The van der Waals surface area contributed by atoms with Crippen LogP contribution in [0.1, 0.15) is 6.92 Å². The van der Waals surface area contributed by atoms with Crippen molar-refractivity contribution >= 4 is 18.5 Å². The van der Waals surface area contributed by atoms with Gasteiger partial charge >= 0.3 is 0 Å². The largest absolute Gasteiger partial charge is 0.384 e. The summed E-state index contributed by atoms with van der Waals surface area (Å²) in [6.07, 6.45) is 1.18. The molecule has 0 aliphatic carbocycles. The number of hydrogen-bond donors (Lipinski definition) is 0. The predicted molar refractivity (Wildman–Crippen MR) is 85.0 cm³/mol. The molecule has 1 atom stereocenters. The maximum atomic E-state index is 5.29. The fourth-order valence-corrected chi connectivity index (χ4v) is 4.74. The Bertz CT molecular complexity index is 430. The molecule has 0 aliphatic heterocycles. The van der Waals surface area contributed by atoms with Gasteiger partial charge in [-0.25, -0.2) is 0 Å². The van der Waals surface area contributed by atoms with Gasteiger partial charge in [-0.15, -0.1) is 0 Å². The Morgan fingerprint density at radius 2 is 1.37 bits per heavy atom. The first-order chi connectivity index (χ1) is 9.31. The highest BCUT2D eigenvalue weighted by Crippen LogP contribution is 2.35. The van der Waals surface area contributed by atoms with Crippen LogP contribution in [0.25, 0.3) is 0 Å². The minimum Gasteiger partial charge on any atom is -0.384 e. The summed E-state index contributed by atoms with van der Waals surface area (Å²) in [4.78, 5) is 0. The molecule has 0 spiro atoms. The van der Waals surface area contributed by atoms with Gasteiger partial charge in [0.1, 0.15) is 0 Å². The van der Waals surface area contributed by atoms with Crippen LogP contribution in [0.4, 0.5) is 0 Å². The summed E-state index contributed by atoms with van der Waals surface area (Å²) in [6, 6.07) is 21.7. The number of rotatable bonds is 6. The third-order valence-corrected chi connectivity index (χ3v) is 5.91. The third-order valence-electron chi connectivity index (χ3n) is 3.08. The van der Waals surface area contributed by atoms with Gasteiger partial charge in [-0.3, -0.25) is 0 Å². The summed E-state index contributed by atoms with van der Waals surface area (Å²) in [7, 11) is 1.50. The average Bonchev–Trinajstić information content (AvgIpc) is 2.47.